The highest BCUT2D eigenvalue weighted by molar-refractivity contribution is 5.28. The van der Waals surface area contributed by atoms with Gasteiger partial charge in [-0.2, -0.15) is 13.2 Å². The Morgan fingerprint density at radius 1 is 1.14 bits per heavy atom. The lowest BCUT2D eigenvalue weighted by molar-refractivity contribution is -0.189. The van der Waals surface area contributed by atoms with Crippen molar-refractivity contribution in [1.82, 2.24) is 5.32 Å². The Hall–Kier alpha value is -1.23. The summed E-state index contributed by atoms with van der Waals surface area (Å²) in [4.78, 5) is 0. The highest BCUT2D eigenvalue weighted by atomic mass is 19.4. The van der Waals surface area contributed by atoms with Crippen LogP contribution in [0.1, 0.15) is 44.2 Å². The van der Waals surface area contributed by atoms with Crippen LogP contribution >= 0.6 is 0 Å². The lowest BCUT2D eigenvalue weighted by Crippen LogP contribution is -2.46. The van der Waals surface area contributed by atoms with Crippen molar-refractivity contribution in [3.63, 3.8) is 0 Å². The second kappa shape index (κ2) is 6.69. The number of benzene rings is 1. The molecule has 1 N–H and O–H groups in total. The number of halogens is 3. The molecule has 1 saturated carbocycles. The van der Waals surface area contributed by atoms with E-state index < -0.39 is 18.1 Å². The van der Waals surface area contributed by atoms with Crippen LogP contribution in [0.3, 0.4) is 0 Å². The van der Waals surface area contributed by atoms with Gasteiger partial charge in [0.2, 0.25) is 0 Å². The van der Waals surface area contributed by atoms with Gasteiger partial charge in [-0.15, -0.1) is 0 Å². The third kappa shape index (κ3) is 4.13. The zero-order valence-electron chi connectivity index (χ0n) is 12.4. The van der Waals surface area contributed by atoms with Crippen molar-refractivity contribution < 1.29 is 17.9 Å². The van der Waals surface area contributed by atoms with Crippen molar-refractivity contribution in [3.8, 4) is 5.75 Å². The lowest BCUT2D eigenvalue weighted by atomic mass is 9.83. The summed E-state index contributed by atoms with van der Waals surface area (Å²) in [7, 11) is 1.59. The van der Waals surface area contributed by atoms with Gasteiger partial charge in [-0.25, -0.2) is 0 Å². The predicted molar refractivity (Wildman–Crippen MR) is 76.3 cm³/mol. The molecule has 1 fully saturated rings. The number of hydrogen-bond donors (Lipinski definition) is 1. The fraction of sp³-hybridized carbons (Fsp3) is 0.625. The van der Waals surface area contributed by atoms with E-state index in [1.54, 1.807) is 7.11 Å². The Kier molecular flexibility index (Phi) is 5.14. The minimum atomic E-state index is -4.11. The molecule has 0 aromatic heterocycles. The molecule has 2 nitrogen and oxygen atoms in total. The van der Waals surface area contributed by atoms with Crippen molar-refractivity contribution in [3.05, 3.63) is 29.8 Å². The summed E-state index contributed by atoms with van der Waals surface area (Å²) in [5, 5.41) is 3.17. The van der Waals surface area contributed by atoms with Gasteiger partial charge in [-0.1, -0.05) is 25.0 Å². The molecule has 0 aliphatic heterocycles. The minimum absolute atomic E-state index is 0.108. The van der Waals surface area contributed by atoms with Crippen LogP contribution in [-0.2, 0) is 0 Å². The Bertz CT molecular complexity index is 444. The quantitative estimate of drug-likeness (QED) is 0.886. The maximum atomic E-state index is 13.1. The van der Waals surface area contributed by atoms with Crippen molar-refractivity contribution in [2.45, 2.75) is 50.9 Å². The summed E-state index contributed by atoms with van der Waals surface area (Å²) in [6.07, 6.45) is -1.77. The topological polar surface area (TPSA) is 21.3 Å². The van der Waals surface area contributed by atoms with Crippen LogP contribution in [0.4, 0.5) is 13.2 Å². The van der Waals surface area contributed by atoms with Crippen LogP contribution < -0.4 is 10.1 Å². The monoisotopic (exact) mass is 301 g/mol. The molecule has 0 saturated heterocycles. The molecule has 0 heterocycles. The van der Waals surface area contributed by atoms with E-state index >= 15 is 0 Å². The number of nitrogens with one attached hydrogen (secondary N) is 1. The number of alkyl halides is 3. The van der Waals surface area contributed by atoms with Crippen LogP contribution in [0, 0.1) is 5.92 Å². The van der Waals surface area contributed by atoms with Gasteiger partial charge in [-0.05, 0) is 37.5 Å². The Morgan fingerprint density at radius 3 is 2.33 bits per heavy atom. The summed E-state index contributed by atoms with van der Waals surface area (Å²) in [5.74, 6) is -0.483. The first-order valence-corrected chi connectivity index (χ1v) is 7.38. The molecular formula is C16H22F3NO. The van der Waals surface area contributed by atoms with Gasteiger partial charge in [-0.3, -0.25) is 0 Å². The average molecular weight is 301 g/mol. The molecule has 1 aromatic carbocycles. The molecule has 1 aliphatic carbocycles. The summed E-state index contributed by atoms with van der Waals surface area (Å²) < 4.78 is 44.4. The SMILES string of the molecule is COc1ccc([C@H](C)NC2CCCCC2C(F)(F)F)cc1. The first kappa shape index (κ1) is 16.1. The van der Waals surface area contributed by atoms with Crippen molar-refractivity contribution in [1.29, 1.82) is 0 Å². The Balaban J connectivity index is 2.03. The molecule has 0 spiro atoms. The third-order valence-electron chi connectivity index (χ3n) is 4.27. The summed E-state index contributed by atoms with van der Waals surface area (Å²) in [6.45, 7) is 1.91. The van der Waals surface area contributed by atoms with Gasteiger partial charge in [0.15, 0.2) is 0 Å². The largest absolute Gasteiger partial charge is 0.497 e. The Labute approximate surface area is 123 Å². The van der Waals surface area contributed by atoms with E-state index in [0.717, 1.165) is 17.7 Å². The Morgan fingerprint density at radius 2 is 1.76 bits per heavy atom. The van der Waals surface area contributed by atoms with Gasteiger partial charge in [0, 0.05) is 12.1 Å². The highest BCUT2D eigenvalue weighted by Gasteiger charge is 2.45. The van der Waals surface area contributed by atoms with Crippen LogP contribution in [0.2, 0.25) is 0 Å². The first-order valence-electron chi connectivity index (χ1n) is 7.38. The molecule has 5 heteroatoms. The lowest BCUT2D eigenvalue weighted by Gasteiger charge is -2.35. The third-order valence-corrected chi connectivity index (χ3v) is 4.27. The van der Waals surface area contributed by atoms with Gasteiger partial charge < -0.3 is 10.1 Å². The molecule has 0 bridgehead atoms. The molecule has 0 radical (unpaired) electrons. The van der Waals surface area contributed by atoms with E-state index in [-0.39, 0.29) is 12.5 Å². The number of hydrogen-bond acceptors (Lipinski definition) is 2. The molecule has 118 valence electrons. The van der Waals surface area contributed by atoms with Crippen LogP contribution in [0.5, 0.6) is 5.75 Å². The molecular weight excluding hydrogens is 279 g/mol. The zero-order valence-corrected chi connectivity index (χ0v) is 12.4. The van der Waals surface area contributed by atoms with E-state index in [9.17, 15) is 13.2 Å². The zero-order chi connectivity index (χ0) is 15.5. The molecule has 1 aliphatic rings. The summed E-state index contributed by atoms with van der Waals surface area (Å²) in [6, 6.07) is 6.84. The highest BCUT2D eigenvalue weighted by Crippen LogP contribution is 2.38. The van der Waals surface area contributed by atoms with Crippen LogP contribution in [0.25, 0.3) is 0 Å². The molecule has 1 aromatic rings. The van der Waals surface area contributed by atoms with Gasteiger partial charge in [0.25, 0.3) is 0 Å². The van der Waals surface area contributed by atoms with Gasteiger partial charge >= 0.3 is 6.18 Å². The smallest absolute Gasteiger partial charge is 0.393 e. The maximum absolute atomic E-state index is 13.1. The van der Waals surface area contributed by atoms with Crippen molar-refractivity contribution >= 4 is 0 Å². The number of methoxy groups -OCH3 is 1. The van der Waals surface area contributed by atoms with E-state index in [2.05, 4.69) is 5.32 Å². The molecule has 2 rings (SSSR count). The molecule has 3 atom stereocenters. The van der Waals surface area contributed by atoms with Crippen molar-refractivity contribution in [2.75, 3.05) is 7.11 Å². The van der Waals surface area contributed by atoms with Crippen molar-refractivity contribution in [2.24, 2.45) is 5.92 Å². The molecule has 0 amide bonds. The minimum Gasteiger partial charge on any atom is -0.497 e. The maximum Gasteiger partial charge on any atom is 0.393 e. The standard InChI is InChI=1S/C16H22F3NO/c1-11(12-7-9-13(21-2)10-8-12)20-15-6-4-3-5-14(15)16(17,18)19/h7-11,14-15,20H,3-6H2,1-2H3/t11-,14?,15?/m0/s1. The van der Waals surface area contributed by atoms with E-state index in [1.807, 2.05) is 31.2 Å². The number of ether oxygens (including phenoxy) is 1. The first-order chi connectivity index (χ1) is 9.91. The van der Waals surface area contributed by atoms with E-state index in [1.165, 1.54) is 0 Å². The second-order valence-corrected chi connectivity index (χ2v) is 5.70. The number of rotatable bonds is 4. The van der Waals surface area contributed by atoms with Gasteiger partial charge in [0.05, 0.1) is 13.0 Å². The predicted octanol–water partition coefficient (Wildman–Crippen LogP) is 4.47. The van der Waals surface area contributed by atoms with E-state index in [4.69, 9.17) is 4.74 Å². The molecule has 21 heavy (non-hydrogen) atoms. The summed E-state index contributed by atoms with van der Waals surface area (Å²) in [5.41, 5.74) is 0.974. The fourth-order valence-corrected chi connectivity index (χ4v) is 3.03. The van der Waals surface area contributed by atoms with Crippen LogP contribution in [0.15, 0.2) is 24.3 Å². The van der Waals surface area contributed by atoms with Crippen LogP contribution in [-0.4, -0.2) is 19.3 Å². The fourth-order valence-electron chi connectivity index (χ4n) is 3.03. The second-order valence-electron chi connectivity index (χ2n) is 5.70. The van der Waals surface area contributed by atoms with Gasteiger partial charge in [0.1, 0.15) is 5.75 Å². The molecule has 2 unspecified atom stereocenters. The normalized spacial score (nSPS) is 24.6. The average Bonchev–Trinajstić information content (AvgIpc) is 2.47. The van der Waals surface area contributed by atoms with E-state index in [0.29, 0.717) is 12.8 Å². The summed E-state index contributed by atoms with van der Waals surface area (Å²) >= 11 is 0.